The predicted octanol–water partition coefficient (Wildman–Crippen LogP) is 0.937. The molecule has 0 aliphatic heterocycles. The minimum absolute atomic E-state index is 0.0179. The molecule has 86 valence electrons. The van der Waals surface area contributed by atoms with E-state index < -0.39 is 17.5 Å². The van der Waals surface area contributed by atoms with Crippen molar-refractivity contribution in [1.29, 1.82) is 0 Å². The molecular weight excluding hydrogens is 231 g/mol. The van der Waals surface area contributed by atoms with Crippen molar-refractivity contribution in [2.24, 2.45) is 5.73 Å². The second-order valence-electron chi connectivity index (χ2n) is 3.13. The van der Waals surface area contributed by atoms with Crippen LogP contribution in [0.5, 0.6) is 5.75 Å². The van der Waals surface area contributed by atoms with Crippen LogP contribution in [0.1, 0.15) is 16.8 Å². The van der Waals surface area contributed by atoms with Crippen LogP contribution < -0.4 is 11.1 Å². The molecule has 0 fully saturated rings. The van der Waals surface area contributed by atoms with E-state index in [2.05, 4.69) is 17.5 Å². The van der Waals surface area contributed by atoms with Gasteiger partial charge in [-0.05, 0) is 12.1 Å². The molecule has 0 radical (unpaired) electrons. The van der Waals surface area contributed by atoms with E-state index >= 15 is 0 Å². The van der Waals surface area contributed by atoms with E-state index in [1.807, 2.05) is 0 Å². The van der Waals surface area contributed by atoms with Crippen LogP contribution in [0.15, 0.2) is 18.2 Å². The van der Waals surface area contributed by atoms with Gasteiger partial charge in [-0.2, -0.15) is 0 Å². The molecule has 1 rings (SSSR count). The first-order chi connectivity index (χ1) is 7.50. The lowest BCUT2D eigenvalue weighted by Crippen LogP contribution is -2.27. The van der Waals surface area contributed by atoms with Gasteiger partial charge in [-0.25, -0.2) is 4.39 Å². The van der Waals surface area contributed by atoms with Gasteiger partial charge in [0.2, 0.25) is 0 Å². The maximum Gasteiger partial charge on any atom is 0.255 e. The van der Waals surface area contributed by atoms with Crippen molar-refractivity contribution in [3.8, 4) is 5.75 Å². The summed E-state index contributed by atoms with van der Waals surface area (Å²) in [7, 11) is 0. The molecule has 1 aromatic rings. The zero-order valence-electron chi connectivity index (χ0n) is 8.37. The molecule has 0 atom stereocenters. The third-order valence-electron chi connectivity index (χ3n) is 1.86. The number of nitrogens with one attached hydrogen (secondary N) is 1. The van der Waals surface area contributed by atoms with Crippen molar-refractivity contribution in [2.75, 3.05) is 6.54 Å². The Morgan fingerprint density at radius 2 is 2.25 bits per heavy atom. The lowest BCUT2D eigenvalue weighted by atomic mass is 10.2. The van der Waals surface area contributed by atoms with Crippen LogP contribution in [0.3, 0.4) is 0 Å². The summed E-state index contributed by atoms with van der Waals surface area (Å²) in [4.78, 5) is 11.8. The molecule has 16 heavy (non-hydrogen) atoms. The number of thiocarbonyl (C=S) groups is 1. The molecule has 1 aromatic carbocycles. The van der Waals surface area contributed by atoms with Crippen LogP contribution in [-0.4, -0.2) is 22.5 Å². The Labute approximate surface area is 97.3 Å². The fraction of sp³-hybridized carbons (Fsp3) is 0.200. The Kier molecular flexibility index (Phi) is 4.19. The number of aromatic hydroxyl groups is 1. The summed E-state index contributed by atoms with van der Waals surface area (Å²) in [5.74, 6) is -1.49. The minimum atomic E-state index is -0.600. The maximum absolute atomic E-state index is 12.6. The van der Waals surface area contributed by atoms with Gasteiger partial charge in [-0.15, -0.1) is 0 Å². The van der Waals surface area contributed by atoms with Crippen LogP contribution in [0.4, 0.5) is 4.39 Å². The van der Waals surface area contributed by atoms with Gasteiger partial charge in [-0.1, -0.05) is 12.2 Å². The minimum Gasteiger partial charge on any atom is -0.507 e. The standard InChI is InChI=1S/C10H11FN2O2S/c11-6-1-2-7(8(14)5-6)10(15)13-4-3-9(12)16/h1-2,5,14H,3-4H2,(H2,12,16)(H,13,15). The molecule has 0 spiro atoms. The van der Waals surface area contributed by atoms with Gasteiger partial charge in [0.1, 0.15) is 11.6 Å². The first kappa shape index (κ1) is 12.4. The molecule has 4 nitrogen and oxygen atoms in total. The number of hydrogen-bond acceptors (Lipinski definition) is 3. The first-order valence-corrected chi connectivity index (χ1v) is 4.96. The third kappa shape index (κ3) is 3.47. The summed E-state index contributed by atoms with van der Waals surface area (Å²) in [5, 5.41) is 11.8. The summed E-state index contributed by atoms with van der Waals surface area (Å²) in [5.41, 5.74) is 5.27. The van der Waals surface area contributed by atoms with Crippen molar-refractivity contribution in [2.45, 2.75) is 6.42 Å². The van der Waals surface area contributed by atoms with Gasteiger partial charge in [0.05, 0.1) is 10.6 Å². The molecule has 0 aromatic heterocycles. The number of amides is 1. The summed E-state index contributed by atoms with van der Waals surface area (Å²) in [6.07, 6.45) is 0.378. The van der Waals surface area contributed by atoms with Crippen molar-refractivity contribution in [3.05, 3.63) is 29.6 Å². The fourth-order valence-corrected chi connectivity index (χ4v) is 1.19. The fourth-order valence-electron chi connectivity index (χ4n) is 1.09. The van der Waals surface area contributed by atoms with E-state index in [1.165, 1.54) is 6.07 Å². The summed E-state index contributed by atoms with van der Waals surface area (Å²) in [6.45, 7) is 0.283. The molecule has 4 N–H and O–H groups in total. The van der Waals surface area contributed by atoms with Crippen LogP contribution in [0.25, 0.3) is 0 Å². The van der Waals surface area contributed by atoms with Crippen molar-refractivity contribution < 1.29 is 14.3 Å². The average molecular weight is 242 g/mol. The Morgan fingerprint density at radius 3 is 2.81 bits per heavy atom. The highest BCUT2D eigenvalue weighted by molar-refractivity contribution is 7.80. The molecule has 0 saturated heterocycles. The Morgan fingerprint density at radius 1 is 1.56 bits per heavy atom. The number of hydrogen-bond donors (Lipinski definition) is 3. The molecule has 0 bridgehead atoms. The normalized spacial score (nSPS) is 9.81. The van der Waals surface area contributed by atoms with Crippen molar-refractivity contribution >= 4 is 23.1 Å². The summed E-state index contributed by atoms with van der Waals surface area (Å²) < 4.78 is 12.6. The van der Waals surface area contributed by atoms with E-state index in [0.29, 0.717) is 11.4 Å². The van der Waals surface area contributed by atoms with Crippen LogP contribution >= 0.6 is 12.2 Å². The largest absolute Gasteiger partial charge is 0.507 e. The van der Waals surface area contributed by atoms with Gasteiger partial charge < -0.3 is 16.2 Å². The molecule has 0 heterocycles. The quantitative estimate of drug-likeness (QED) is 0.687. The van der Waals surface area contributed by atoms with Crippen LogP contribution in [-0.2, 0) is 0 Å². The number of phenols is 1. The Bertz CT molecular complexity index is 423. The molecule has 1 amide bonds. The first-order valence-electron chi connectivity index (χ1n) is 4.55. The Hall–Kier alpha value is -1.69. The third-order valence-corrected chi connectivity index (χ3v) is 2.07. The number of carbonyl (C=O) groups is 1. The smallest absolute Gasteiger partial charge is 0.255 e. The van der Waals surface area contributed by atoms with Gasteiger partial charge >= 0.3 is 0 Å². The number of halogens is 1. The highest BCUT2D eigenvalue weighted by Crippen LogP contribution is 2.17. The topological polar surface area (TPSA) is 75.3 Å². The van der Waals surface area contributed by atoms with Crippen LogP contribution in [0, 0.1) is 5.82 Å². The van der Waals surface area contributed by atoms with Crippen LogP contribution in [0.2, 0.25) is 0 Å². The number of phenolic OH excluding ortho intramolecular Hbond substituents is 1. The van der Waals surface area contributed by atoms with Gasteiger partial charge in [-0.3, -0.25) is 4.79 Å². The lowest BCUT2D eigenvalue weighted by molar-refractivity contribution is 0.0952. The van der Waals surface area contributed by atoms with E-state index in [4.69, 9.17) is 5.73 Å². The van der Waals surface area contributed by atoms with Gasteiger partial charge in [0.15, 0.2) is 0 Å². The van der Waals surface area contributed by atoms with E-state index in [-0.39, 0.29) is 12.1 Å². The maximum atomic E-state index is 12.6. The van der Waals surface area contributed by atoms with E-state index in [1.54, 1.807) is 0 Å². The second kappa shape index (κ2) is 5.41. The molecule has 0 aliphatic carbocycles. The van der Waals surface area contributed by atoms with E-state index in [9.17, 15) is 14.3 Å². The molecule has 0 saturated carbocycles. The van der Waals surface area contributed by atoms with E-state index in [0.717, 1.165) is 12.1 Å². The molecule has 6 heteroatoms. The Balaban J connectivity index is 2.63. The molecule has 0 aliphatic rings. The number of rotatable bonds is 4. The highest BCUT2D eigenvalue weighted by atomic mass is 32.1. The van der Waals surface area contributed by atoms with Crippen molar-refractivity contribution in [3.63, 3.8) is 0 Å². The number of benzene rings is 1. The zero-order chi connectivity index (χ0) is 12.1. The monoisotopic (exact) mass is 242 g/mol. The molecule has 0 unspecified atom stereocenters. The second-order valence-corrected chi connectivity index (χ2v) is 3.66. The summed E-state index contributed by atoms with van der Waals surface area (Å²) >= 11 is 4.63. The SMILES string of the molecule is NC(=S)CCNC(=O)c1ccc(F)cc1O. The molecular formula is C10H11FN2O2S. The highest BCUT2D eigenvalue weighted by Gasteiger charge is 2.10. The number of nitrogens with two attached hydrogens (primary N) is 1. The van der Waals surface area contributed by atoms with Gasteiger partial charge in [0, 0.05) is 19.0 Å². The number of carbonyl (C=O) groups excluding carboxylic acids is 1. The van der Waals surface area contributed by atoms with Gasteiger partial charge in [0.25, 0.3) is 5.91 Å². The predicted molar refractivity (Wildman–Crippen MR) is 61.8 cm³/mol. The average Bonchev–Trinajstić information content (AvgIpc) is 2.16. The zero-order valence-corrected chi connectivity index (χ0v) is 9.18. The summed E-state index contributed by atoms with van der Waals surface area (Å²) in [6, 6.07) is 3.19. The lowest BCUT2D eigenvalue weighted by Gasteiger charge is -2.06. The van der Waals surface area contributed by atoms with Crippen molar-refractivity contribution in [1.82, 2.24) is 5.32 Å².